The first-order valence-corrected chi connectivity index (χ1v) is 3.34. The van der Waals surface area contributed by atoms with E-state index in [9.17, 15) is 4.39 Å². The maximum Gasteiger partial charge on any atom is 0.101 e. The standard InChI is InChI=1S/C7H13F/c1-5(2)6-3-7(8)4-6/h5-7H,3-4H2,1-2H3. The van der Waals surface area contributed by atoms with Crippen LogP contribution in [0.1, 0.15) is 26.7 Å². The third kappa shape index (κ3) is 1.01. The maximum atomic E-state index is 12.1. The second-order valence-electron chi connectivity index (χ2n) is 3.07. The summed E-state index contributed by atoms with van der Waals surface area (Å²) in [6, 6.07) is 0. The first kappa shape index (κ1) is 6.06. The van der Waals surface area contributed by atoms with E-state index >= 15 is 0 Å². The molecule has 0 saturated heterocycles. The molecule has 1 heteroatoms. The topological polar surface area (TPSA) is 0 Å². The monoisotopic (exact) mass is 116 g/mol. The Morgan fingerprint density at radius 3 is 2.00 bits per heavy atom. The molecule has 48 valence electrons. The molecule has 0 amide bonds. The van der Waals surface area contributed by atoms with Crippen LogP contribution in [0, 0.1) is 11.8 Å². The number of hydrogen-bond donors (Lipinski definition) is 0. The summed E-state index contributed by atoms with van der Waals surface area (Å²) >= 11 is 0. The summed E-state index contributed by atoms with van der Waals surface area (Å²) in [5, 5.41) is 0. The fourth-order valence-electron chi connectivity index (χ4n) is 1.13. The average Bonchev–Trinajstić information content (AvgIpc) is 1.57. The molecule has 1 saturated carbocycles. The van der Waals surface area contributed by atoms with Gasteiger partial charge in [0.25, 0.3) is 0 Å². The lowest BCUT2D eigenvalue weighted by molar-refractivity contribution is 0.0965. The largest absolute Gasteiger partial charge is 0.247 e. The fourth-order valence-corrected chi connectivity index (χ4v) is 1.13. The van der Waals surface area contributed by atoms with Gasteiger partial charge in [0.2, 0.25) is 0 Å². The summed E-state index contributed by atoms with van der Waals surface area (Å²) < 4.78 is 12.1. The molecule has 8 heavy (non-hydrogen) atoms. The highest BCUT2D eigenvalue weighted by Crippen LogP contribution is 2.35. The molecule has 0 aromatic carbocycles. The molecule has 1 aliphatic rings. The van der Waals surface area contributed by atoms with Gasteiger partial charge in [0, 0.05) is 0 Å². The summed E-state index contributed by atoms with van der Waals surface area (Å²) in [6.45, 7) is 4.33. The van der Waals surface area contributed by atoms with Gasteiger partial charge in [-0.25, -0.2) is 4.39 Å². The second kappa shape index (κ2) is 2.04. The van der Waals surface area contributed by atoms with Gasteiger partial charge in [-0.15, -0.1) is 0 Å². The Balaban J connectivity index is 2.15. The van der Waals surface area contributed by atoms with E-state index in [0.29, 0.717) is 11.8 Å². The van der Waals surface area contributed by atoms with Crippen LogP contribution in [-0.4, -0.2) is 6.17 Å². The van der Waals surface area contributed by atoms with E-state index in [-0.39, 0.29) is 0 Å². The minimum Gasteiger partial charge on any atom is -0.247 e. The van der Waals surface area contributed by atoms with E-state index < -0.39 is 6.17 Å². The number of rotatable bonds is 1. The normalized spacial score (nSPS) is 37.5. The van der Waals surface area contributed by atoms with Crippen molar-refractivity contribution in [3.8, 4) is 0 Å². The van der Waals surface area contributed by atoms with Crippen molar-refractivity contribution in [3.05, 3.63) is 0 Å². The van der Waals surface area contributed by atoms with Crippen molar-refractivity contribution in [3.63, 3.8) is 0 Å². The van der Waals surface area contributed by atoms with Gasteiger partial charge in [-0.2, -0.15) is 0 Å². The number of halogens is 1. The molecule has 0 aromatic heterocycles. The van der Waals surface area contributed by atoms with Gasteiger partial charge in [-0.05, 0) is 24.7 Å². The molecule has 0 atom stereocenters. The summed E-state index contributed by atoms with van der Waals surface area (Å²) in [4.78, 5) is 0. The predicted octanol–water partition coefficient (Wildman–Crippen LogP) is 2.39. The van der Waals surface area contributed by atoms with Gasteiger partial charge in [0.1, 0.15) is 6.17 Å². The minimum atomic E-state index is -0.470. The summed E-state index contributed by atoms with van der Waals surface area (Å²) in [5.74, 6) is 1.38. The van der Waals surface area contributed by atoms with E-state index in [0.717, 1.165) is 12.8 Å². The van der Waals surface area contributed by atoms with Gasteiger partial charge in [-0.1, -0.05) is 13.8 Å². The quantitative estimate of drug-likeness (QED) is 0.493. The highest BCUT2D eigenvalue weighted by molar-refractivity contribution is 4.80. The molecular formula is C7H13F. The molecule has 0 heterocycles. The van der Waals surface area contributed by atoms with Crippen LogP contribution >= 0.6 is 0 Å². The van der Waals surface area contributed by atoms with Crippen LogP contribution in [0.5, 0.6) is 0 Å². The number of alkyl halides is 1. The van der Waals surface area contributed by atoms with Crippen molar-refractivity contribution in [2.45, 2.75) is 32.9 Å². The van der Waals surface area contributed by atoms with Crippen molar-refractivity contribution in [1.29, 1.82) is 0 Å². The van der Waals surface area contributed by atoms with Crippen LogP contribution in [0.3, 0.4) is 0 Å². The summed E-state index contributed by atoms with van der Waals surface area (Å²) in [6.07, 6.45) is 1.16. The molecule has 0 nitrogen and oxygen atoms in total. The third-order valence-electron chi connectivity index (χ3n) is 2.06. The number of hydrogen-bond acceptors (Lipinski definition) is 0. The van der Waals surface area contributed by atoms with Gasteiger partial charge in [-0.3, -0.25) is 0 Å². The first-order valence-electron chi connectivity index (χ1n) is 3.34. The van der Waals surface area contributed by atoms with Crippen LogP contribution in [0.2, 0.25) is 0 Å². The highest BCUT2D eigenvalue weighted by atomic mass is 19.1. The Hall–Kier alpha value is -0.0700. The van der Waals surface area contributed by atoms with E-state index in [4.69, 9.17) is 0 Å². The van der Waals surface area contributed by atoms with E-state index in [2.05, 4.69) is 13.8 Å². The Bertz CT molecular complexity index is 72.5. The van der Waals surface area contributed by atoms with Gasteiger partial charge < -0.3 is 0 Å². The molecule has 1 aliphatic carbocycles. The van der Waals surface area contributed by atoms with Crippen molar-refractivity contribution in [2.24, 2.45) is 11.8 Å². The molecule has 0 N–H and O–H groups in total. The van der Waals surface area contributed by atoms with Gasteiger partial charge in [0.15, 0.2) is 0 Å². The Morgan fingerprint density at radius 1 is 1.38 bits per heavy atom. The van der Waals surface area contributed by atoms with Crippen molar-refractivity contribution in [1.82, 2.24) is 0 Å². The smallest absolute Gasteiger partial charge is 0.101 e. The lowest BCUT2D eigenvalue weighted by Crippen LogP contribution is -2.28. The van der Waals surface area contributed by atoms with Crippen molar-refractivity contribution >= 4 is 0 Å². The summed E-state index contributed by atoms with van der Waals surface area (Å²) in [7, 11) is 0. The Kier molecular flexibility index (Phi) is 1.54. The predicted molar refractivity (Wildman–Crippen MR) is 32.5 cm³/mol. The third-order valence-corrected chi connectivity index (χ3v) is 2.06. The van der Waals surface area contributed by atoms with Crippen LogP contribution in [0.15, 0.2) is 0 Å². The SMILES string of the molecule is CC(C)C1CC(F)C1. The van der Waals surface area contributed by atoms with Crippen molar-refractivity contribution < 1.29 is 4.39 Å². The highest BCUT2D eigenvalue weighted by Gasteiger charge is 2.30. The van der Waals surface area contributed by atoms with E-state index in [1.165, 1.54) is 0 Å². The van der Waals surface area contributed by atoms with Gasteiger partial charge >= 0.3 is 0 Å². The lowest BCUT2D eigenvalue weighted by atomic mass is 9.76. The second-order valence-corrected chi connectivity index (χ2v) is 3.07. The van der Waals surface area contributed by atoms with Crippen LogP contribution in [0.4, 0.5) is 4.39 Å². The van der Waals surface area contributed by atoms with E-state index in [1.807, 2.05) is 0 Å². The van der Waals surface area contributed by atoms with Gasteiger partial charge in [0.05, 0.1) is 0 Å². The zero-order valence-corrected chi connectivity index (χ0v) is 5.52. The average molecular weight is 116 g/mol. The zero-order chi connectivity index (χ0) is 6.15. The minimum absolute atomic E-state index is 0.470. The molecule has 0 aromatic rings. The molecule has 0 bridgehead atoms. The molecule has 0 spiro atoms. The lowest BCUT2D eigenvalue weighted by Gasteiger charge is -2.32. The van der Waals surface area contributed by atoms with Crippen LogP contribution in [0.25, 0.3) is 0 Å². The molecule has 0 radical (unpaired) electrons. The molecule has 1 rings (SSSR count). The summed E-state index contributed by atoms with van der Waals surface area (Å²) in [5.41, 5.74) is 0. The fraction of sp³-hybridized carbons (Fsp3) is 1.00. The maximum absolute atomic E-state index is 12.1. The molecule has 0 aliphatic heterocycles. The zero-order valence-electron chi connectivity index (χ0n) is 5.52. The van der Waals surface area contributed by atoms with Crippen LogP contribution < -0.4 is 0 Å². The van der Waals surface area contributed by atoms with Crippen molar-refractivity contribution in [2.75, 3.05) is 0 Å². The molecular weight excluding hydrogens is 103 g/mol. The van der Waals surface area contributed by atoms with Crippen LogP contribution in [-0.2, 0) is 0 Å². The Labute approximate surface area is 50.1 Å². The molecule has 0 unspecified atom stereocenters. The first-order chi connectivity index (χ1) is 3.70. The Morgan fingerprint density at radius 2 is 1.88 bits per heavy atom. The molecule has 1 fully saturated rings. The van der Waals surface area contributed by atoms with E-state index in [1.54, 1.807) is 0 Å².